The van der Waals surface area contributed by atoms with Gasteiger partial charge in [-0.25, -0.2) is 4.98 Å². The zero-order chi connectivity index (χ0) is 17.9. The predicted molar refractivity (Wildman–Crippen MR) is 95.6 cm³/mol. The molecular weight excluding hydrogens is 332 g/mol. The number of aromatic amines is 1. The van der Waals surface area contributed by atoms with Crippen LogP contribution in [0.5, 0.6) is 5.75 Å². The molecule has 0 aliphatic heterocycles. The van der Waals surface area contributed by atoms with Crippen molar-refractivity contribution in [1.82, 2.24) is 20.1 Å². The highest BCUT2D eigenvalue weighted by Gasteiger charge is 2.12. The number of methoxy groups -OCH3 is 1. The molecule has 1 N–H and O–H groups in total. The highest BCUT2D eigenvalue weighted by atomic mass is 16.5. The first kappa shape index (κ1) is 15.8. The summed E-state index contributed by atoms with van der Waals surface area (Å²) >= 11 is 0. The highest BCUT2D eigenvalue weighted by Crippen LogP contribution is 2.26. The molecule has 0 fully saturated rings. The molecule has 0 aliphatic rings. The lowest BCUT2D eigenvalue weighted by Crippen LogP contribution is -2.08. The number of hydrogen-bond acceptors (Lipinski definition) is 6. The minimum Gasteiger partial charge on any atom is -0.497 e. The molecule has 0 saturated carbocycles. The van der Waals surface area contributed by atoms with Crippen molar-refractivity contribution in [2.75, 3.05) is 7.11 Å². The van der Waals surface area contributed by atoms with Crippen LogP contribution in [0.2, 0.25) is 0 Å². The molecule has 26 heavy (non-hydrogen) atoms. The second kappa shape index (κ2) is 6.64. The van der Waals surface area contributed by atoms with Gasteiger partial charge in [0.05, 0.1) is 7.11 Å². The Kier molecular flexibility index (Phi) is 4.03. The molecule has 0 aliphatic carbocycles. The maximum Gasteiger partial charge on any atom is 0.251 e. The second-order valence-electron chi connectivity index (χ2n) is 5.53. The molecule has 0 bridgehead atoms. The molecule has 0 spiro atoms. The molecule has 0 radical (unpaired) electrons. The Morgan fingerprint density at radius 2 is 1.88 bits per heavy atom. The molecule has 4 aromatic rings. The Morgan fingerprint density at radius 3 is 2.62 bits per heavy atom. The summed E-state index contributed by atoms with van der Waals surface area (Å²) in [7, 11) is 1.61. The van der Waals surface area contributed by atoms with E-state index in [1.807, 2.05) is 30.3 Å². The number of benzene rings is 1. The topological polar surface area (TPSA) is 93.9 Å². The summed E-state index contributed by atoms with van der Waals surface area (Å²) in [6.07, 6.45) is 3.29. The molecule has 3 aromatic heterocycles. The van der Waals surface area contributed by atoms with E-state index in [0.29, 0.717) is 28.5 Å². The lowest BCUT2D eigenvalue weighted by Gasteiger charge is -2.01. The number of nitrogens with one attached hydrogen (secondary N) is 1. The van der Waals surface area contributed by atoms with Crippen molar-refractivity contribution in [3.8, 4) is 39.8 Å². The minimum absolute atomic E-state index is 0.275. The average molecular weight is 346 g/mol. The molecule has 4 rings (SSSR count). The third kappa shape index (κ3) is 3.10. The number of aromatic nitrogens is 4. The highest BCUT2D eigenvalue weighted by molar-refractivity contribution is 5.66. The van der Waals surface area contributed by atoms with Crippen LogP contribution in [-0.2, 0) is 0 Å². The van der Waals surface area contributed by atoms with Crippen molar-refractivity contribution in [2.45, 2.75) is 0 Å². The molecule has 0 saturated heterocycles. The van der Waals surface area contributed by atoms with E-state index in [9.17, 15) is 4.79 Å². The normalized spacial score (nSPS) is 10.7. The van der Waals surface area contributed by atoms with Crippen molar-refractivity contribution in [2.24, 2.45) is 0 Å². The van der Waals surface area contributed by atoms with Crippen LogP contribution in [0.3, 0.4) is 0 Å². The van der Waals surface area contributed by atoms with E-state index in [-0.39, 0.29) is 5.56 Å². The third-order valence-corrected chi connectivity index (χ3v) is 3.82. The number of ether oxygens (including phenoxy) is 1. The van der Waals surface area contributed by atoms with E-state index >= 15 is 0 Å². The molecule has 7 nitrogen and oxygen atoms in total. The summed E-state index contributed by atoms with van der Waals surface area (Å²) in [6.45, 7) is 0. The SMILES string of the molecule is COc1ccc(-c2cc(-c3cc(=O)[nH]c(-c4cccnc4)n3)no2)cc1. The van der Waals surface area contributed by atoms with Gasteiger partial charge in [-0.05, 0) is 36.4 Å². The fourth-order valence-electron chi connectivity index (χ4n) is 2.52. The van der Waals surface area contributed by atoms with E-state index in [1.54, 1.807) is 31.6 Å². The van der Waals surface area contributed by atoms with Crippen LogP contribution < -0.4 is 10.3 Å². The van der Waals surface area contributed by atoms with Gasteiger partial charge in [0, 0.05) is 35.7 Å². The van der Waals surface area contributed by atoms with E-state index < -0.39 is 0 Å². The number of pyridine rings is 1. The van der Waals surface area contributed by atoms with Gasteiger partial charge in [0.2, 0.25) is 0 Å². The molecule has 128 valence electrons. The quantitative estimate of drug-likeness (QED) is 0.610. The van der Waals surface area contributed by atoms with Crippen LogP contribution in [0.4, 0.5) is 0 Å². The Bertz CT molecular complexity index is 1090. The number of rotatable bonds is 4. The summed E-state index contributed by atoms with van der Waals surface area (Å²) in [5, 5.41) is 4.04. The Morgan fingerprint density at radius 1 is 1.04 bits per heavy atom. The minimum atomic E-state index is -0.275. The van der Waals surface area contributed by atoms with Crippen molar-refractivity contribution >= 4 is 0 Å². The summed E-state index contributed by atoms with van der Waals surface area (Å²) in [4.78, 5) is 23.2. The molecular formula is C19H14N4O3. The fourth-order valence-corrected chi connectivity index (χ4v) is 2.52. The van der Waals surface area contributed by atoms with Gasteiger partial charge in [-0.15, -0.1) is 0 Å². The third-order valence-electron chi connectivity index (χ3n) is 3.82. The second-order valence-corrected chi connectivity index (χ2v) is 5.53. The first-order chi connectivity index (χ1) is 12.7. The van der Waals surface area contributed by atoms with Crippen molar-refractivity contribution in [1.29, 1.82) is 0 Å². The first-order valence-corrected chi connectivity index (χ1v) is 7.86. The van der Waals surface area contributed by atoms with Gasteiger partial charge in [-0.1, -0.05) is 5.16 Å². The van der Waals surface area contributed by atoms with Crippen molar-refractivity contribution in [3.05, 3.63) is 71.3 Å². The Hall–Kier alpha value is -3.74. The average Bonchev–Trinajstić information content (AvgIpc) is 3.18. The lowest BCUT2D eigenvalue weighted by atomic mass is 10.1. The standard InChI is InChI=1S/C19H14N4O3/c1-25-14-6-4-12(5-7-14)17-9-16(23-26-17)15-10-18(24)22-19(21-15)13-3-2-8-20-11-13/h2-11H,1H3,(H,21,22,24). The van der Waals surface area contributed by atoms with Crippen LogP contribution in [0.1, 0.15) is 0 Å². The maximum absolute atomic E-state index is 12.0. The smallest absolute Gasteiger partial charge is 0.251 e. The van der Waals surface area contributed by atoms with Gasteiger partial charge >= 0.3 is 0 Å². The van der Waals surface area contributed by atoms with Crippen molar-refractivity contribution < 1.29 is 9.26 Å². The fraction of sp³-hybridized carbons (Fsp3) is 0.0526. The van der Waals surface area contributed by atoms with E-state index in [1.165, 1.54) is 6.07 Å². The molecule has 3 heterocycles. The van der Waals surface area contributed by atoms with Gasteiger partial charge < -0.3 is 14.2 Å². The predicted octanol–water partition coefficient (Wildman–Crippen LogP) is 3.16. The molecule has 0 amide bonds. The monoisotopic (exact) mass is 346 g/mol. The lowest BCUT2D eigenvalue weighted by molar-refractivity contribution is 0.414. The summed E-state index contributed by atoms with van der Waals surface area (Å²) in [5.41, 5.74) is 2.19. The summed E-state index contributed by atoms with van der Waals surface area (Å²) in [5.74, 6) is 1.76. The van der Waals surface area contributed by atoms with E-state index in [4.69, 9.17) is 9.26 Å². The van der Waals surface area contributed by atoms with Gasteiger partial charge in [-0.3, -0.25) is 9.78 Å². The van der Waals surface area contributed by atoms with Gasteiger partial charge in [0.1, 0.15) is 23.0 Å². The summed E-state index contributed by atoms with van der Waals surface area (Å²) in [6, 6.07) is 14.1. The van der Waals surface area contributed by atoms with Crippen molar-refractivity contribution in [3.63, 3.8) is 0 Å². The van der Waals surface area contributed by atoms with E-state index in [2.05, 4.69) is 20.1 Å². The zero-order valence-electron chi connectivity index (χ0n) is 13.8. The van der Waals surface area contributed by atoms with Crippen LogP contribution in [0.15, 0.2) is 70.2 Å². The molecule has 0 atom stereocenters. The van der Waals surface area contributed by atoms with Gasteiger partial charge in [0.15, 0.2) is 5.76 Å². The summed E-state index contributed by atoms with van der Waals surface area (Å²) < 4.78 is 10.6. The number of nitrogens with zero attached hydrogens (tertiary/aromatic N) is 3. The number of H-pyrrole nitrogens is 1. The number of hydrogen-bond donors (Lipinski definition) is 1. The van der Waals surface area contributed by atoms with Gasteiger partial charge in [0.25, 0.3) is 5.56 Å². The van der Waals surface area contributed by atoms with Crippen LogP contribution in [0, 0.1) is 0 Å². The van der Waals surface area contributed by atoms with Gasteiger partial charge in [-0.2, -0.15) is 0 Å². The molecule has 7 heteroatoms. The zero-order valence-corrected chi connectivity index (χ0v) is 13.8. The largest absolute Gasteiger partial charge is 0.497 e. The Balaban J connectivity index is 1.71. The molecule has 0 unspecified atom stereocenters. The van der Waals surface area contributed by atoms with Crippen LogP contribution in [-0.4, -0.2) is 27.2 Å². The first-order valence-electron chi connectivity index (χ1n) is 7.86. The van der Waals surface area contributed by atoms with Crippen LogP contribution in [0.25, 0.3) is 34.1 Å². The Labute approximate surface area is 148 Å². The van der Waals surface area contributed by atoms with Crippen LogP contribution >= 0.6 is 0 Å². The van der Waals surface area contributed by atoms with E-state index in [0.717, 1.165) is 11.3 Å². The maximum atomic E-state index is 12.0. The molecule has 1 aromatic carbocycles.